The quantitative estimate of drug-likeness (QED) is 0.843. The molecule has 2 aromatic rings. The second-order valence-corrected chi connectivity index (χ2v) is 3.11. The summed E-state index contributed by atoms with van der Waals surface area (Å²) in [6.45, 7) is 5.97. The smallest absolute Gasteiger partial charge is 0.115 e. The fourth-order valence-corrected chi connectivity index (χ4v) is 0.931. The maximum Gasteiger partial charge on any atom is 0.115 e. The Bertz CT molecular complexity index is 347. The van der Waals surface area contributed by atoms with Gasteiger partial charge in [0.2, 0.25) is 0 Å². The number of phenolic OH excluding ortho intramolecular Hbond substituents is 1. The van der Waals surface area contributed by atoms with Crippen LogP contribution in [-0.4, -0.2) is 17.2 Å². The topological polar surface area (TPSA) is 61.0 Å². The standard InChI is InChI=1S/C6H6O.C6H6.C4H8O.H2O/c7-6-4-2-1-3-5-6;1-2-4-6-5-3-1;1-3-5-4-2;/h1-5,7H;1-6H;3H,1,4H2,2H3;1H2. The number of phenols is 1. The second-order valence-electron chi connectivity index (χ2n) is 3.11. The minimum Gasteiger partial charge on any atom is -0.508 e. The molecule has 0 bridgehead atoms. The van der Waals surface area contributed by atoms with Crippen LogP contribution in [0.25, 0.3) is 0 Å². The first-order chi connectivity index (χ1) is 8.81. The van der Waals surface area contributed by atoms with Crippen LogP contribution in [0.1, 0.15) is 6.92 Å². The minimum atomic E-state index is 0. The summed E-state index contributed by atoms with van der Waals surface area (Å²) in [5, 5.41) is 8.63. The van der Waals surface area contributed by atoms with Gasteiger partial charge in [0.1, 0.15) is 5.75 Å². The van der Waals surface area contributed by atoms with Crippen LogP contribution < -0.4 is 0 Å². The molecular formula is C16H22O3. The first-order valence-corrected chi connectivity index (χ1v) is 5.77. The van der Waals surface area contributed by atoms with Gasteiger partial charge in [-0.15, -0.1) is 0 Å². The number of aromatic hydroxyl groups is 1. The van der Waals surface area contributed by atoms with Crippen molar-refractivity contribution in [2.75, 3.05) is 6.61 Å². The molecule has 0 atom stereocenters. The number of para-hydroxylation sites is 1. The Hall–Kier alpha value is -2.26. The van der Waals surface area contributed by atoms with Crippen LogP contribution in [0.15, 0.2) is 79.6 Å². The van der Waals surface area contributed by atoms with Gasteiger partial charge in [-0.3, -0.25) is 0 Å². The molecule has 3 heteroatoms. The maximum atomic E-state index is 8.63. The van der Waals surface area contributed by atoms with Crippen LogP contribution in [0.2, 0.25) is 0 Å². The molecule has 0 amide bonds. The highest BCUT2D eigenvalue weighted by Gasteiger charge is 1.74. The third kappa shape index (κ3) is 15.7. The lowest BCUT2D eigenvalue weighted by Crippen LogP contribution is -1.72. The molecule has 0 aromatic heterocycles. The highest BCUT2D eigenvalue weighted by Crippen LogP contribution is 2.02. The average Bonchev–Trinajstić information content (AvgIpc) is 2.44. The number of ether oxygens (including phenoxy) is 1. The molecule has 0 aliphatic heterocycles. The molecule has 0 heterocycles. The van der Waals surface area contributed by atoms with Gasteiger partial charge < -0.3 is 15.3 Å². The van der Waals surface area contributed by atoms with Crippen molar-refractivity contribution in [2.24, 2.45) is 0 Å². The van der Waals surface area contributed by atoms with E-state index in [2.05, 4.69) is 11.3 Å². The minimum absolute atomic E-state index is 0. The van der Waals surface area contributed by atoms with Crippen molar-refractivity contribution in [1.82, 2.24) is 0 Å². The summed E-state index contributed by atoms with van der Waals surface area (Å²) < 4.78 is 4.60. The molecule has 0 radical (unpaired) electrons. The van der Waals surface area contributed by atoms with Gasteiger partial charge in [0.25, 0.3) is 0 Å². The first kappa shape index (κ1) is 19.1. The maximum absolute atomic E-state index is 8.63. The largest absolute Gasteiger partial charge is 0.508 e. The number of hydrogen-bond donors (Lipinski definition) is 1. The van der Waals surface area contributed by atoms with Crippen molar-refractivity contribution in [2.45, 2.75) is 6.92 Å². The van der Waals surface area contributed by atoms with Crippen LogP contribution in [0.4, 0.5) is 0 Å². The van der Waals surface area contributed by atoms with Gasteiger partial charge in [-0.05, 0) is 19.1 Å². The second kappa shape index (κ2) is 15.7. The van der Waals surface area contributed by atoms with Crippen molar-refractivity contribution >= 4 is 0 Å². The lowest BCUT2D eigenvalue weighted by atomic mass is 10.3. The zero-order chi connectivity index (χ0) is 13.5. The average molecular weight is 262 g/mol. The molecule has 0 saturated carbocycles. The van der Waals surface area contributed by atoms with E-state index < -0.39 is 0 Å². The Morgan fingerprint density at radius 1 is 0.947 bits per heavy atom. The number of rotatable bonds is 2. The van der Waals surface area contributed by atoms with Crippen molar-refractivity contribution < 1.29 is 15.3 Å². The van der Waals surface area contributed by atoms with Crippen molar-refractivity contribution in [3.63, 3.8) is 0 Å². The summed E-state index contributed by atoms with van der Waals surface area (Å²) in [6.07, 6.45) is 1.43. The molecule has 2 rings (SSSR count). The zero-order valence-corrected chi connectivity index (χ0v) is 11.2. The lowest BCUT2D eigenvalue weighted by molar-refractivity contribution is 0.270. The summed E-state index contributed by atoms with van der Waals surface area (Å²) in [5.41, 5.74) is 0. The first-order valence-electron chi connectivity index (χ1n) is 5.77. The van der Waals surface area contributed by atoms with Gasteiger partial charge in [0.05, 0.1) is 12.9 Å². The van der Waals surface area contributed by atoms with Gasteiger partial charge in [-0.1, -0.05) is 61.2 Å². The van der Waals surface area contributed by atoms with E-state index in [1.807, 2.05) is 49.4 Å². The predicted octanol–water partition coefficient (Wildman–Crippen LogP) is 3.42. The third-order valence-electron chi connectivity index (χ3n) is 1.71. The Morgan fingerprint density at radius 3 is 1.47 bits per heavy atom. The Morgan fingerprint density at radius 2 is 1.32 bits per heavy atom. The Kier molecular flexibility index (Phi) is 15.8. The van der Waals surface area contributed by atoms with Crippen molar-refractivity contribution in [1.29, 1.82) is 0 Å². The van der Waals surface area contributed by atoms with E-state index in [0.29, 0.717) is 5.75 Å². The SMILES string of the molecule is C=COCC.O.Oc1ccccc1.c1ccccc1. The zero-order valence-electron chi connectivity index (χ0n) is 11.2. The van der Waals surface area contributed by atoms with Gasteiger partial charge in [0, 0.05) is 0 Å². The van der Waals surface area contributed by atoms with E-state index in [1.165, 1.54) is 6.26 Å². The van der Waals surface area contributed by atoms with E-state index in [-0.39, 0.29) is 5.48 Å². The number of benzene rings is 2. The van der Waals surface area contributed by atoms with E-state index in [9.17, 15) is 0 Å². The highest BCUT2D eigenvalue weighted by molar-refractivity contribution is 5.18. The van der Waals surface area contributed by atoms with E-state index in [0.717, 1.165) is 6.61 Å². The third-order valence-corrected chi connectivity index (χ3v) is 1.71. The van der Waals surface area contributed by atoms with Crippen LogP contribution in [0, 0.1) is 0 Å². The molecule has 104 valence electrons. The monoisotopic (exact) mass is 262 g/mol. The van der Waals surface area contributed by atoms with Crippen molar-refractivity contribution in [3.8, 4) is 5.75 Å². The summed E-state index contributed by atoms with van der Waals surface area (Å²) in [7, 11) is 0. The highest BCUT2D eigenvalue weighted by atomic mass is 16.5. The molecule has 0 aliphatic carbocycles. The van der Waals surface area contributed by atoms with E-state index in [1.54, 1.807) is 24.3 Å². The Labute approximate surface area is 115 Å². The molecule has 0 unspecified atom stereocenters. The summed E-state index contributed by atoms with van der Waals surface area (Å²) in [6, 6.07) is 20.7. The van der Waals surface area contributed by atoms with Gasteiger partial charge in [0.15, 0.2) is 0 Å². The molecule has 3 nitrogen and oxygen atoms in total. The predicted molar refractivity (Wildman–Crippen MR) is 80.0 cm³/mol. The Balaban J connectivity index is 0. The lowest BCUT2D eigenvalue weighted by Gasteiger charge is -1.84. The molecule has 0 fully saturated rings. The van der Waals surface area contributed by atoms with Gasteiger partial charge in [-0.25, -0.2) is 0 Å². The summed E-state index contributed by atoms with van der Waals surface area (Å²) >= 11 is 0. The van der Waals surface area contributed by atoms with Crippen LogP contribution in [0.5, 0.6) is 5.75 Å². The summed E-state index contributed by atoms with van der Waals surface area (Å²) in [5.74, 6) is 0.322. The van der Waals surface area contributed by atoms with Crippen molar-refractivity contribution in [3.05, 3.63) is 79.6 Å². The molecule has 3 N–H and O–H groups in total. The van der Waals surface area contributed by atoms with Gasteiger partial charge in [-0.2, -0.15) is 0 Å². The normalized spacial score (nSPS) is 7.42. The molecule has 0 aliphatic rings. The molecule has 19 heavy (non-hydrogen) atoms. The van der Waals surface area contributed by atoms with Crippen LogP contribution in [-0.2, 0) is 4.74 Å². The molecule has 0 saturated heterocycles. The fraction of sp³-hybridized carbons (Fsp3) is 0.125. The van der Waals surface area contributed by atoms with E-state index in [4.69, 9.17) is 5.11 Å². The van der Waals surface area contributed by atoms with Crippen LogP contribution >= 0.6 is 0 Å². The fourth-order valence-electron chi connectivity index (χ4n) is 0.931. The summed E-state index contributed by atoms with van der Waals surface area (Å²) in [4.78, 5) is 0. The van der Waals surface area contributed by atoms with E-state index >= 15 is 0 Å². The van der Waals surface area contributed by atoms with Gasteiger partial charge >= 0.3 is 0 Å². The molecular weight excluding hydrogens is 240 g/mol. The number of hydrogen-bond acceptors (Lipinski definition) is 2. The molecule has 2 aromatic carbocycles. The van der Waals surface area contributed by atoms with Crippen LogP contribution in [0.3, 0.4) is 0 Å². The molecule has 0 spiro atoms.